The minimum absolute atomic E-state index is 0.0518. The summed E-state index contributed by atoms with van der Waals surface area (Å²) < 4.78 is 219. The summed E-state index contributed by atoms with van der Waals surface area (Å²) in [5.41, 5.74) is -1.21. The number of hydrogen-bond acceptors (Lipinski definition) is 24. The molecule has 3 amide bonds. The van der Waals surface area contributed by atoms with Gasteiger partial charge in [-0.1, -0.05) is 25.7 Å². The Kier molecular flexibility index (Phi) is 32.2. The average molecular weight is 1780 g/mol. The minimum Gasteiger partial charge on any atom is -0.495 e. The third kappa shape index (κ3) is 27.3. The smallest absolute Gasteiger partial charge is 0.419 e. The van der Waals surface area contributed by atoms with Crippen LogP contribution in [-0.4, -0.2) is 236 Å². The zero-order valence-electron chi connectivity index (χ0n) is 69.8. The molecule has 3 saturated heterocycles. The summed E-state index contributed by atoms with van der Waals surface area (Å²) in [5, 5.41) is 17.9. The van der Waals surface area contributed by atoms with Crippen molar-refractivity contribution in [3.8, 4) is 17.2 Å². The minimum atomic E-state index is -4.68. The molecule has 6 heterocycles. The van der Waals surface area contributed by atoms with E-state index in [0.29, 0.717) is 102 Å². The van der Waals surface area contributed by atoms with Crippen molar-refractivity contribution >= 4 is 82.7 Å². The van der Waals surface area contributed by atoms with Crippen LogP contribution in [0.2, 0.25) is 0 Å². The molecule has 672 valence electrons. The monoisotopic (exact) mass is 1780 g/mol. The van der Waals surface area contributed by atoms with Crippen LogP contribution in [0.1, 0.15) is 168 Å². The molecule has 42 heteroatoms. The molecule has 30 nitrogen and oxygen atoms in total. The quantitative estimate of drug-likeness (QED) is 0.0222. The lowest BCUT2D eigenvalue weighted by Crippen LogP contribution is -2.43. The summed E-state index contributed by atoms with van der Waals surface area (Å²) in [5.74, 6) is -1.02. The number of hydrogen-bond donors (Lipinski definition) is 8. The van der Waals surface area contributed by atoms with Crippen molar-refractivity contribution in [2.75, 3.05) is 124 Å². The van der Waals surface area contributed by atoms with E-state index in [0.717, 1.165) is 128 Å². The fraction of sp³-hybridized carbons (Fsp3) is 0.588. The van der Waals surface area contributed by atoms with Crippen molar-refractivity contribution in [2.24, 2.45) is 17.8 Å². The number of methoxy groups -OCH3 is 3. The first-order chi connectivity index (χ1) is 57.4. The van der Waals surface area contributed by atoms with Crippen molar-refractivity contribution in [2.45, 2.75) is 177 Å². The van der Waals surface area contributed by atoms with E-state index in [1.807, 2.05) is 21.1 Å². The second kappa shape index (κ2) is 41.3. The summed E-state index contributed by atoms with van der Waals surface area (Å²) in [7, 11) is 1.32. The van der Waals surface area contributed by atoms with E-state index in [2.05, 4.69) is 85.9 Å². The molecule has 1 unspecified atom stereocenters. The molecule has 0 radical (unpaired) electrons. The van der Waals surface area contributed by atoms with Gasteiger partial charge in [0.1, 0.15) is 17.2 Å². The van der Waals surface area contributed by atoms with Gasteiger partial charge in [-0.2, -0.15) is 39.5 Å². The van der Waals surface area contributed by atoms with E-state index in [1.54, 1.807) is 54.6 Å². The SMILES string of the molecule is COc1cc(C(=O)NC2CCN(C)CC2)ccc1Nc1ncc(C(F)(F)F)c(C[C@@H]2CCCC2N(C)S(C)(=O)=O)n1.COc1cc(C(=O)NC2CCN(C)CC2)ccc1Nc1ncc(C(F)(F)F)c(C[C@@H]2CCCC[C@H]2NS(C)(=O)=O)n1.COc1cc(C(=O)NC2CCN(C)CC2)ccc1Nc1ncc(C(F)(F)F)c(C[C@@H]2CCC[C@H]2NS(C)(=O)=O)n1. The molecule has 3 saturated carbocycles. The van der Waals surface area contributed by atoms with Crippen molar-refractivity contribution in [1.29, 1.82) is 0 Å². The lowest BCUT2D eigenvalue weighted by atomic mass is 9.81. The van der Waals surface area contributed by atoms with Crippen LogP contribution in [-0.2, 0) is 67.9 Å². The molecule has 122 heavy (non-hydrogen) atoms. The summed E-state index contributed by atoms with van der Waals surface area (Å²) in [6, 6.07) is 13.1. The Morgan fingerprint density at radius 1 is 0.426 bits per heavy atom. The molecule has 3 aromatic heterocycles. The fourth-order valence-corrected chi connectivity index (χ4v) is 18.9. The average Bonchev–Trinajstić information content (AvgIpc) is 1.30. The van der Waals surface area contributed by atoms with Crippen LogP contribution in [0.15, 0.2) is 73.2 Å². The maximum Gasteiger partial charge on any atom is 0.419 e. The summed E-state index contributed by atoms with van der Waals surface area (Å²) in [4.78, 5) is 69.4. The van der Waals surface area contributed by atoms with Gasteiger partial charge in [-0.05, 0) is 229 Å². The van der Waals surface area contributed by atoms with Gasteiger partial charge in [0.05, 0.1) is 90.9 Å². The third-order valence-electron chi connectivity index (χ3n) is 23.1. The number of rotatable bonds is 27. The molecule has 6 aromatic rings. The normalized spacial score (nSPS) is 20.9. The first-order valence-electron chi connectivity index (χ1n) is 40.4. The zero-order chi connectivity index (χ0) is 88.8. The number of halogens is 9. The number of sulfonamides is 3. The Balaban J connectivity index is 0.000000192. The molecule has 8 N–H and O–H groups in total. The Morgan fingerprint density at radius 2 is 0.713 bits per heavy atom. The van der Waals surface area contributed by atoms with E-state index < -0.39 is 83.4 Å². The molecule has 3 aromatic carbocycles. The van der Waals surface area contributed by atoms with Gasteiger partial charge >= 0.3 is 18.5 Å². The zero-order valence-corrected chi connectivity index (χ0v) is 72.2. The van der Waals surface area contributed by atoms with E-state index in [1.165, 1.54) is 32.7 Å². The summed E-state index contributed by atoms with van der Waals surface area (Å²) >= 11 is 0. The second-order valence-corrected chi connectivity index (χ2v) is 37.9. The maximum atomic E-state index is 13.9. The fourth-order valence-electron chi connectivity index (χ4n) is 16.4. The van der Waals surface area contributed by atoms with Gasteiger partial charge in [0.2, 0.25) is 47.9 Å². The van der Waals surface area contributed by atoms with E-state index in [-0.39, 0.29) is 108 Å². The number of nitrogens with zero attached hydrogens (tertiary/aromatic N) is 10. The molecule has 6 fully saturated rings. The molecule has 6 aliphatic rings. The topological polar surface area (TPSA) is 368 Å². The highest BCUT2D eigenvalue weighted by Gasteiger charge is 2.43. The molecular formula is C80H109F9N18O12S3. The molecule has 0 spiro atoms. The maximum absolute atomic E-state index is 13.9. The summed E-state index contributed by atoms with van der Waals surface area (Å²) in [6.07, 6.45) is 2.72. The van der Waals surface area contributed by atoms with Crippen LogP contribution in [0, 0.1) is 17.8 Å². The van der Waals surface area contributed by atoms with Crippen LogP contribution < -0.4 is 55.6 Å². The highest BCUT2D eigenvalue weighted by Crippen LogP contribution is 2.42. The highest BCUT2D eigenvalue weighted by atomic mass is 32.2. The van der Waals surface area contributed by atoms with Crippen molar-refractivity contribution < 1.29 is 93.4 Å². The van der Waals surface area contributed by atoms with Gasteiger partial charge in [0.25, 0.3) is 17.7 Å². The number of carbonyl (C=O) groups is 3. The predicted octanol–water partition coefficient (Wildman–Crippen LogP) is 10.7. The number of anilines is 6. The summed E-state index contributed by atoms with van der Waals surface area (Å²) in [6.45, 7) is 5.43. The van der Waals surface area contributed by atoms with Crippen molar-refractivity contribution in [3.63, 3.8) is 0 Å². The Bertz CT molecular complexity index is 4810. The Hall–Kier alpha value is -8.91. The predicted molar refractivity (Wildman–Crippen MR) is 442 cm³/mol. The standard InChI is InChI=1S/2C27H37F3N6O4S.C26H35F3N6O4S/c1-35-12-10-19(11-13-35)32-25(37)18-8-9-21(24(15-18)40-3)33-26-31-16-20(27(28,29)30)22(34-26)14-17-6-5-7-23(17)36(2)41(4,38)39;1-36-12-10-19(11-13-36)32-25(37)18-8-9-22(24(15-18)40-2)33-26-31-16-20(27(28,29)30)23(34-26)14-17-6-4-5-7-21(17)35-41(3,38)39;1-35-11-9-18(10-12-35)31-24(36)17-7-8-21(23(14-17)39-2)32-25-30-15-19(26(27,28)29)22(33-25)13-16-5-4-6-20(16)34-40(3,37)38/h8-9,15-17,19,23H,5-7,10-14H2,1-4H3,(H,32,37)(H,31,33,34);8-9,15-17,19,21,35H,4-7,10-14H2,1-3H3,(H,32,37)(H,31,33,34);7-8,14-16,18,20,34H,4-6,9-13H2,1-3H3,(H,31,36)(H,30,32,33)/t17-,23?;17-,21+;16-,20+/m000/s1. The van der Waals surface area contributed by atoms with Crippen LogP contribution in [0.3, 0.4) is 0 Å². The number of alkyl halides is 9. The molecule has 0 bridgehead atoms. The number of benzene rings is 3. The number of aromatic nitrogens is 6. The molecule has 12 rings (SSSR count). The van der Waals surface area contributed by atoms with E-state index in [9.17, 15) is 79.2 Å². The Labute approximate surface area is 705 Å². The Morgan fingerprint density at radius 3 is 1.02 bits per heavy atom. The number of piperidine rings is 3. The second-order valence-electron chi connectivity index (χ2n) is 32.3. The molecule has 3 aliphatic carbocycles. The number of carbonyl (C=O) groups excluding carboxylic acids is 3. The van der Waals surface area contributed by atoms with Gasteiger partial charge in [-0.3, -0.25) is 14.4 Å². The van der Waals surface area contributed by atoms with E-state index in [4.69, 9.17) is 14.2 Å². The largest absolute Gasteiger partial charge is 0.495 e. The van der Waals surface area contributed by atoms with Gasteiger partial charge in [0.15, 0.2) is 0 Å². The third-order valence-corrected chi connectivity index (χ3v) is 25.9. The van der Waals surface area contributed by atoms with Gasteiger partial charge in [-0.25, -0.2) is 68.9 Å². The first kappa shape index (κ1) is 95.3. The number of likely N-dealkylation sites (tertiary alicyclic amines) is 3. The lowest BCUT2D eigenvalue weighted by Gasteiger charge is -2.32. The highest BCUT2D eigenvalue weighted by molar-refractivity contribution is 7.89. The van der Waals surface area contributed by atoms with Crippen molar-refractivity contribution in [3.05, 3.63) is 124 Å². The first-order valence-corrected chi connectivity index (χ1v) is 46.0. The number of amides is 3. The van der Waals surface area contributed by atoms with Crippen LogP contribution in [0.4, 0.5) is 74.4 Å². The van der Waals surface area contributed by atoms with Crippen molar-refractivity contribution in [1.82, 2.24) is 74.3 Å². The number of ether oxygens (including phenoxy) is 3. The van der Waals surface area contributed by atoms with Gasteiger partial charge < -0.3 is 60.8 Å². The van der Waals surface area contributed by atoms with Crippen LogP contribution >= 0.6 is 0 Å². The molecular weight excluding hydrogens is 1670 g/mol. The van der Waals surface area contributed by atoms with E-state index >= 15 is 0 Å². The lowest BCUT2D eigenvalue weighted by molar-refractivity contribution is -0.139. The molecule has 6 atom stereocenters. The number of nitrogens with one attached hydrogen (secondary N) is 8. The van der Waals surface area contributed by atoms with Crippen LogP contribution in [0.5, 0.6) is 17.2 Å². The van der Waals surface area contributed by atoms with Gasteiger partial charge in [0, 0.05) is 78.6 Å². The van der Waals surface area contributed by atoms with Gasteiger partial charge in [-0.15, -0.1) is 0 Å². The molecule has 3 aliphatic heterocycles. The van der Waals surface area contributed by atoms with Crippen LogP contribution in [0.25, 0.3) is 0 Å².